The smallest absolute Gasteiger partial charge is 0.261 e. The number of nitrogens with one attached hydrogen (secondary N) is 1. The van der Waals surface area contributed by atoms with Gasteiger partial charge in [-0.25, -0.2) is 4.98 Å². The van der Waals surface area contributed by atoms with E-state index in [0.29, 0.717) is 16.7 Å². The SMILES string of the molecule is Cc1nc2ccccc2c(=O)n1CC(=O)NC(CC(C)(C)C)c1ccccc1. The first kappa shape index (κ1) is 19.8. The highest BCUT2D eigenvalue weighted by Crippen LogP contribution is 2.29. The lowest BCUT2D eigenvalue weighted by Crippen LogP contribution is -2.37. The molecule has 1 aromatic heterocycles. The van der Waals surface area contributed by atoms with Crippen molar-refractivity contribution in [2.45, 2.75) is 46.7 Å². The molecule has 0 fully saturated rings. The van der Waals surface area contributed by atoms with E-state index < -0.39 is 0 Å². The average Bonchev–Trinajstić information content (AvgIpc) is 2.64. The Morgan fingerprint density at radius 1 is 1.07 bits per heavy atom. The second kappa shape index (κ2) is 7.97. The molecule has 0 saturated heterocycles. The van der Waals surface area contributed by atoms with Gasteiger partial charge in [0, 0.05) is 0 Å². The maximum Gasteiger partial charge on any atom is 0.261 e. The summed E-state index contributed by atoms with van der Waals surface area (Å²) in [6, 6.07) is 17.0. The van der Waals surface area contributed by atoms with Crippen molar-refractivity contribution in [1.82, 2.24) is 14.9 Å². The van der Waals surface area contributed by atoms with Gasteiger partial charge >= 0.3 is 0 Å². The molecule has 1 N–H and O–H groups in total. The molecule has 5 heteroatoms. The van der Waals surface area contributed by atoms with Gasteiger partial charge in [-0.15, -0.1) is 0 Å². The molecule has 0 aliphatic heterocycles. The number of hydrogen-bond donors (Lipinski definition) is 1. The third-order valence-electron chi connectivity index (χ3n) is 4.71. The predicted octanol–water partition coefficient (Wildman–Crippen LogP) is 4.00. The van der Waals surface area contributed by atoms with Crippen LogP contribution in [0.15, 0.2) is 59.4 Å². The van der Waals surface area contributed by atoms with Crippen molar-refractivity contribution < 1.29 is 4.79 Å². The highest BCUT2D eigenvalue weighted by Gasteiger charge is 2.22. The van der Waals surface area contributed by atoms with E-state index >= 15 is 0 Å². The van der Waals surface area contributed by atoms with Crippen LogP contribution in [0.25, 0.3) is 10.9 Å². The zero-order valence-corrected chi connectivity index (χ0v) is 16.9. The van der Waals surface area contributed by atoms with Crippen molar-refractivity contribution in [2.24, 2.45) is 5.41 Å². The summed E-state index contributed by atoms with van der Waals surface area (Å²) in [6.07, 6.45) is 0.798. The van der Waals surface area contributed by atoms with Crippen molar-refractivity contribution in [1.29, 1.82) is 0 Å². The van der Waals surface area contributed by atoms with Gasteiger partial charge in [0.15, 0.2) is 0 Å². The van der Waals surface area contributed by atoms with Gasteiger partial charge in [-0.3, -0.25) is 14.2 Å². The van der Waals surface area contributed by atoms with Crippen LogP contribution >= 0.6 is 0 Å². The van der Waals surface area contributed by atoms with Crippen LogP contribution in [0.5, 0.6) is 0 Å². The number of aryl methyl sites for hydroxylation is 1. The van der Waals surface area contributed by atoms with Crippen LogP contribution in [0.1, 0.15) is 44.6 Å². The maximum atomic E-state index is 12.8. The summed E-state index contributed by atoms with van der Waals surface area (Å²) in [4.78, 5) is 30.1. The number of rotatable bonds is 5. The molecule has 146 valence electrons. The molecule has 0 spiro atoms. The Morgan fingerprint density at radius 3 is 2.39 bits per heavy atom. The molecule has 0 radical (unpaired) electrons. The van der Waals surface area contributed by atoms with E-state index in [4.69, 9.17) is 0 Å². The molecule has 2 aromatic carbocycles. The molecular formula is C23H27N3O2. The first-order valence-corrected chi connectivity index (χ1v) is 9.55. The van der Waals surface area contributed by atoms with Crippen molar-refractivity contribution >= 4 is 16.8 Å². The predicted molar refractivity (Wildman–Crippen MR) is 112 cm³/mol. The first-order valence-electron chi connectivity index (χ1n) is 9.55. The molecule has 0 bridgehead atoms. The minimum absolute atomic E-state index is 0.0457. The lowest BCUT2D eigenvalue weighted by Gasteiger charge is -2.27. The van der Waals surface area contributed by atoms with E-state index in [1.54, 1.807) is 19.1 Å². The fourth-order valence-electron chi connectivity index (χ4n) is 3.40. The van der Waals surface area contributed by atoms with Crippen molar-refractivity contribution in [2.75, 3.05) is 0 Å². The minimum Gasteiger partial charge on any atom is -0.348 e. The highest BCUT2D eigenvalue weighted by molar-refractivity contribution is 5.79. The molecule has 1 atom stereocenters. The number of aromatic nitrogens is 2. The monoisotopic (exact) mass is 377 g/mol. The average molecular weight is 377 g/mol. The normalized spacial score (nSPS) is 12.7. The van der Waals surface area contributed by atoms with Crippen LogP contribution in [0.4, 0.5) is 0 Å². The second-order valence-electron chi connectivity index (χ2n) is 8.36. The van der Waals surface area contributed by atoms with Crippen LogP contribution in [0.2, 0.25) is 0 Å². The molecule has 5 nitrogen and oxygen atoms in total. The molecule has 0 saturated carbocycles. The van der Waals surface area contributed by atoms with Crippen molar-refractivity contribution in [3.05, 3.63) is 76.3 Å². The Balaban J connectivity index is 1.85. The summed E-state index contributed by atoms with van der Waals surface area (Å²) in [5, 5.41) is 3.64. The molecule has 0 aliphatic rings. The van der Waals surface area contributed by atoms with Crippen LogP contribution < -0.4 is 10.9 Å². The molecule has 28 heavy (non-hydrogen) atoms. The van der Waals surface area contributed by atoms with E-state index in [-0.39, 0.29) is 29.5 Å². The maximum absolute atomic E-state index is 12.8. The van der Waals surface area contributed by atoms with Crippen LogP contribution in [-0.4, -0.2) is 15.5 Å². The Bertz CT molecular complexity index is 1030. The van der Waals surface area contributed by atoms with Crippen LogP contribution in [0.3, 0.4) is 0 Å². The van der Waals surface area contributed by atoms with Gasteiger partial charge < -0.3 is 5.32 Å². The van der Waals surface area contributed by atoms with Gasteiger partial charge in [0.05, 0.1) is 16.9 Å². The fraction of sp³-hybridized carbons (Fsp3) is 0.348. The number of hydrogen-bond acceptors (Lipinski definition) is 3. The fourth-order valence-corrected chi connectivity index (χ4v) is 3.40. The molecule has 3 rings (SSSR count). The van der Waals surface area contributed by atoms with Gasteiger partial charge in [0.1, 0.15) is 12.4 Å². The second-order valence-corrected chi connectivity index (χ2v) is 8.36. The topological polar surface area (TPSA) is 64.0 Å². The van der Waals surface area contributed by atoms with E-state index in [9.17, 15) is 9.59 Å². The largest absolute Gasteiger partial charge is 0.348 e. The number of benzene rings is 2. The van der Waals surface area contributed by atoms with Crippen LogP contribution in [-0.2, 0) is 11.3 Å². The molecule has 1 unspecified atom stereocenters. The lowest BCUT2D eigenvalue weighted by molar-refractivity contribution is -0.122. The van der Waals surface area contributed by atoms with E-state index in [1.165, 1.54) is 4.57 Å². The lowest BCUT2D eigenvalue weighted by atomic mass is 9.85. The molecule has 0 aliphatic carbocycles. The third kappa shape index (κ3) is 4.66. The summed E-state index contributed by atoms with van der Waals surface area (Å²) >= 11 is 0. The third-order valence-corrected chi connectivity index (χ3v) is 4.71. The van der Waals surface area contributed by atoms with Gasteiger partial charge in [-0.2, -0.15) is 0 Å². The summed E-state index contributed by atoms with van der Waals surface area (Å²) < 4.78 is 1.44. The van der Waals surface area contributed by atoms with Gasteiger partial charge in [-0.05, 0) is 36.5 Å². The molecule has 1 heterocycles. The number of para-hydroxylation sites is 1. The van der Waals surface area contributed by atoms with E-state index in [2.05, 4.69) is 31.1 Å². The Hall–Kier alpha value is -2.95. The van der Waals surface area contributed by atoms with Crippen molar-refractivity contribution in [3.8, 4) is 0 Å². The number of carbonyl (C=O) groups excluding carboxylic acids is 1. The van der Waals surface area contributed by atoms with Gasteiger partial charge in [0.2, 0.25) is 5.91 Å². The zero-order chi connectivity index (χ0) is 20.3. The first-order chi connectivity index (χ1) is 13.2. The Morgan fingerprint density at radius 2 is 1.71 bits per heavy atom. The van der Waals surface area contributed by atoms with E-state index in [0.717, 1.165) is 12.0 Å². The summed E-state index contributed by atoms with van der Waals surface area (Å²) in [6.45, 7) is 8.16. The number of nitrogens with zero attached hydrogens (tertiary/aromatic N) is 2. The van der Waals surface area contributed by atoms with Crippen molar-refractivity contribution in [3.63, 3.8) is 0 Å². The molecule has 1 amide bonds. The standard InChI is InChI=1S/C23H27N3O2/c1-16-24-19-13-9-8-12-18(19)22(28)26(16)15-21(27)25-20(14-23(2,3)4)17-10-6-5-7-11-17/h5-13,20H,14-15H2,1-4H3,(H,25,27). The quantitative estimate of drug-likeness (QED) is 0.731. The highest BCUT2D eigenvalue weighted by atomic mass is 16.2. The van der Waals surface area contributed by atoms with Gasteiger partial charge in [0.25, 0.3) is 5.56 Å². The number of fused-ring (bicyclic) bond motifs is 1. The summed E-state index contributed by atoms with van der Waals surface area (Å²) in [5.74, 6) is 0.339. The molecule has 3 aromatic rings. The number of amides is 1. The van der Waals surface area contributed by atoms with Gasteiger partial charge in [-0.1, -0.05) is 63.2 Å². The van der Waals surface area contributed by atoms with Crippen LogP contribution in [0, 0.1) is 12.3 Å². The Labute approximate surface area is 165 Å². The minimum atomic E-state index is -0.194. The number of carbonyl (C=O) groups is 1. The zero-order valence-electron chi connectivity index (χ0n) is 16.9. The van der Waals surface area contributed by atoms with E-state index in [1.807, 2.05) is 42.5 Å². The summed E-state index contributed by atoms with van der Waals surface area (Å²) in [5.41, 5.74) is 1.57. The Kier molecular flexibility index (Phi) is 5.63. The molecular weight excluding hydrogens is 350 g/mol. The summed E-state index contributed by atoms with van der Waals surface area (Å²) in [7, 11) is 0.